The Kier molecular flexibility index (Phi) is 10.5. The van der Waals surface area contributed by atoms with Gasteiger partial charge in [-0.25, -0.2) is 12.7 Å². The maximum Gasteiger partial charge on any atom is 0.243 e. The summed E-state index contributed by atoms with van der Waals surface area (Å²) in [6, 6.07) is 15.3. The summed E-state index contributed by atoms with van der Waals surface area (Å²) in [7, 11) is -0.523. The summed E-state index contributed by atoms with van der Waals surface area (Å²) >= 11 is 0. The van der Waals surface area contributed by atoms with E-state index in [4.69, 9.17) is 4.74 Å². The molecule has 0 spiro atoms. The van der Waals surface area contributed by atoms with Crippen LogP contribution in [0.3, 0.4) is 0 Å². The van der Waals surface area contributed by atoms with Gasteiger partial charge in [-0.05, 0) is 55.5 Å². The van der Waals surface area contributed by atoms with Gasteiger partial charge >= 0.3 is 0 Å². The van der Waals surface area contributed by atoms with E-state index in [2.05, 4.69) is 5.32 Å². The molecule has 0 heterocycles. The van der Waals surface area contributed by atoms with E-state index in [1.807, 2.05) is 31.2 Å². The third-order valence-corrected chi connectivity index (χ3v) is 8.76. The third-order valence-electron chi connectivity index (χ3n) is 6.89. The van der Waals surface area contributed by atoms with Crippen LogP contribution in [-0.4, -0.2) is 62.2 Å². The fraction of sp³-hybridized carbons (Fsp3) is 0.500. The highest BCUT2D eigenvalue weighted by Gasteiger charge is 2.30. The molecule has 0 bridgehead atoms. The SMILES string of the molecule is CC[C@H](C(=O)NC1CCCC1)N(Cc1cccc(OC)c1)C(=O)CCCN(C)S(=O)(=O)c1ccccc1. The summed E-state index contributed by atoms with van der Waals surface area (Å²) in [5, 5.41) is 3.14. The van der Waals surface area contributed by atoms with Crippen LogP contribution in [0, 0.1) is 0 Å². The van der Waals surface area contributed by atoms with Crippen LogP contribution < -0.4 is 10.1 Å². The molecule has 2 aromatic rings. The maximum absolute atomic E-state index is 13.5. The van der Waals surface area contributed by atoms with Gasteiger partial charge in [-0.3, -0.25) is 9.59 Å². The van der Waals surface area contributed by atoms with E-state index in [1.54, 1.807) is 42.3 Å². The van der Waals surface area contributed by atoms with Crippen molar-refractivity contribution in [1.29, 1.82) is 0 Å². The fourth-order valence-corrected chi connectivity index (χ4v) is 5.97. The number of hydrogen-bond acceptors (Lipinski definition) is 5. The quantitative estimate of drug-likeness (QED) is 0.424. The molecule has 2 aromatic carbocycles. The predicted octanol–water partition coefficient (Wildman–Crippen LogP) is 3.96. The minimum absolute atomic E-state index is 0.130. The molecule has 0 unspecified atom stereocenters. The Labute approximate surface area is 221 Å². The number of rotatable bonds is 13. The molecule has 2 amide bonds. The highest BCUT2D eigenvalue weighted by molar-refractivity contribution is 7.89. The van der Waals surface area contributed by atoms with Gasteiger partial charge in [0.25, 0.3) is 0 Å². The second-order valence-electron chi connectivity index (χ2n) is 9.53. The molecule has 1 N–H and O–H groups in total. The van der Waals surface area contributed by atoms with Crippen LogP contribution in [0.15, 0.2) is 59.5 Å². The second-order valence-corrected chi connectivity index (χ2v) is 11.6. The molecule has 1 aliphatic carbocycles. The number of sulfonamides is 1. The van der Waals surface area contributed by atoms with E-state index < -0.39 is 16.1 Å². The van der Waals surface area contributed by atoms with Gasteiger partial charge in [0.05, 0.1) is 12.0 Å². The van der Waals surface area contributed by atoms with Gasteiger partial charge in [-0.2, -0.15) is 0 Å². The molecule has 1 saturated carbocycles. The topological polar surface area (TPSA) is 96.0 Å². The summed E-state index contributed by atoms with van der Waals surface area (Å²) in [4.78, 5) is 28.6. The number of nitrogens with zero attached hydrogens (tertiary/aromatic N) is 2. The zero-order valence-corrected chi connectivity index (χ0v) is 22.9. The molecule has 1 atom stereocenters. The largest absolute Gasteiger partial charge is 0.497 e. The zero-order chi connectivity index (χ0) is 26.8. The van der Waals surface area contributed by atoms with E-state index in [9.17, 15) is 18.0 Å². The Morgan fingerprint density at radius 3 is 2.43 bits per heavy atom. The average molecular weight is 530 g/mol. The summed E-state index contributed by atoms with van der Waals surface area (Å²) in [5.74, 6) is 0.372. The van der Waals surface area contributed by atoms with Crippen LogP contribution in [0.1, 0.15) is 57.4 Å². The Balaban J connectivity index is 1.71. The van der Waals surface area contributed by atoms with E-state index in [0.717, 1.165) is 31.2 Å². The maximum atomic E-state index is 13.5. The summed E-state index contributed by atoms with van der Waals surface area (Å²) in [6.07, 6.45) is 5.10. The van der Waals surface area contributed by atoms with E-state index in [1.165, 1.54) is 11.4 Å². The van der Waals surface area contributed by atoms with Crippen molar-refractivity contribution in [1.82, 2.24) is 14.5 Å². The number of benzene rings is 2. The van der Waals surface area contributed by atoms with Gasteiger partial charge in [0, 0.05) is 32.6 Å². The first kappa shape index (κ1) is 28.7. The van der Waals surface area contributed by atoms with Gasteiger partial charge in [0.15, 0.2) is 0 Å². The van der Waals surface area contributed by atoms with Crippen LogP contribution >= 0.6 is 0 Å². The fourth-order valence-electron chi connectivity index (χ4n) is 4.74. The summed E-state index contributed by atoms with van der Waals surface area (Å²) in [6.45, 7) is 2.37. The lowest BCUT2D eigenvalue weighted by Crippen LogP contribution is -2.51. The molecule has 0 aromatic heterocycles. The smallest absolute Gasteiger partial charge is 0.243 e. The van der Waals surface area contributed by atoms with E-state index in [0.29, 0.717) is 18.6 Å². The number of nitrogens with one attached hydrogen (secondary N) is 1. The first-order valence-corrected chi connectivity index (χ1v) is 14.4. The minimum atomic E-state index is -3.63. The highest BCUT2D eigenvalue weighted by Crippen LogP contribution is 2.21. The van der Waals surface area contributed by atoms with Crippen molar-refractivity contribution in [2.24, 2.45) is 0 Å². The summed E-state index contributed by atoms with van der Waals surface area (Å²) < 4.78 is 32.2. The lowest BCUT2D eigenvalue weighted by molar-refractivity contribution is -0.141. The lowest BCUT2D eigenvalue weighted by atomic mass is 10.1. The molecule has 37 heavy (non-hydrogen) atoms. The van der Waals surface area contributed by atoms with Gasteiger partial charge in [-0.1, -0.05) is 50.1 Å². The van der Waals surface area contributed by atoms with Gasteiger partial charge in [0.1, 0.15) is 11.8 Å². The number of carbonyl (C=O) groups excluding carboxylic acids is 2. The van der Waals surface area contributed by atoms with Crippen molar-refractivity contribution in [3.8, 4) is 5.75 Å². The molecule has 1 aliphatic rings. The van der Waals surface area contributed by atoms with E-state index in [-0.39, 0.29) is 42.3 Å². The molecule has 0 aliphatic heterocycles. The lowest BCUT2D eigenvalue weighted by Gasteiger charge is -2.32. The zero-order valence-electron chi connectivity index (χ0n) is 22.1. The van der Waals surface area contributed by atoms with Crippen LogP contribution in [0.5, 0.6) is 5.75 Å². The van der Waals surface area contributed by atoms with E-state index >= 15 is 0 Å². The number of carbonyl (C=O) groups is 2. The van der Waals surface area contributed by atoms with Gasteiger partial charge in [-0.15, -0.1) is 0 Å². The van der Waals surface area contributed by atoms with Crippen molar-refractivity contribution >= 4 is 21.8 Å². The number of ether oxygens (including phenoxy) is 1. The monoisotopic (exact) mass is 529 g/mol. The average Bonchev–Trinajstić information content (AvgIpc) is 3.42. The molecule has 8 nitrogen and oxygen atoms in total. The standard InChI is InChI=1S/C28H39N3O5S/c1-4-26(28(33)29-23-13-8-9-14-23)31(21-22-12-10-15-24(20-22)36-3)27(32)18-11-19-30(2)37(34,35)25-16-6-5-7-17-25/h5-7,10,12,15-17,20,23,26H,4,8-9,11,13-14,18-19,21H2,1-3H3,(H,29,33)/t26-/m1/s1. The van der Waals surface area contributed by atoms with Crippen LogP contribution in [0.4, 0.5) is 0 Å². The second kappa shape index (κ2) is 13.6. The Bertz CT molecular complexity index is 1130. The Morgan fingerprint density at radius 2 is 1.78 bits per heavy atom. The number of methoxy groups -OCH3 is 1. The summed E-state index contributed by atoms with van der Waals surface area (Å²) in [5.41, 5.74) is 0.864. The normalized spacial score (nSPS) is 14.9. The molecule has 1 fully saturated rings. The van der Waals surface area contributed by atoms with Crippen molar-refractivity contribution in [2.45, 2.75) is 75.4 Å². The molecule has 3 rings (SSSR count). The molecular formula is C28H39N3O5S. The third kappa shape index (κ3) is 7.79. The van der Waals surface area contributed by atoms with Crippen LogP contribution in [0.2, 0.25) is 0 Å². The minimum Gasteiger partial charge on any atom is -0.497 e. The van der Waals surface area contributed by atoms with Crippen molar-refractivity contribution in [2.75, 3.05) is 20.7 Å². The van der Waals surface area contributed by atoms with Crippen LogP contribution in [0.25, 0.3) is 0 Å². The number of hydrogen-bond donors (Lipinski definition) is 1. The van der Waals surface area contributed by atoms with Crippen LogP contribution in [-0.2, 0) is 26.2 Å². The molecule has 9 heteroatoms. The van der Waals surface area contributed by atoms with Crippen molar-refractivity contribution < 1.29 is 22.7 Å². The van der Waals surface area contributed by atoms with Crippen molar-refractivity contribution in [3.63, 3.8) is 0 Å². The molecule has 202 valence electrons. The number of amides is 2. The Morgan fingerprint density at radius 1 is 1.08 bits per heavy atom. The first-order chi connectivity index (χ1) is 17.8. The predicted molar refractivity (Wildman–Crippen MR) is 144 cm³/mol. The van der Waals surface area contributed by atoms with Gasteiger partial charge in [0.2, 0.25) is 21.8 Å². The molecule has 0 radical (unpaired) electrons. The highest BCUT2D eigenvalue weighted by atomic mass is 32.2. The Hall–Kier alpha value is -2.91. The van der Waals surface area contributed by atoms with Gasteiger partial charge < -0.3 is 15.0 Å². The molecular weight excluding hydrogens is 490 g/mol. The van der Waals surface area contributed by atoms with Crippen molar-refractivity contribution in [3.05, 3.63) is 60.2 Å². The molecule has 0 saturated heterocycles. The first-order valence-electron chi connectivity index (χ1n) is 13.0.